The van der Waals surface area contributed by atoms with Crippen LogP contribution in [0.1, 0.15) is 59.3 Å². The molecule has 1 aliphatic heterocycles. The predicted molar refractivity (Wildman–Crippen MR) is 80.9 cm³/mol. The van der Waals surface area contributed by atoms with Gasteiger partial charge < -0.3 is 4.90 Å². The first-order valence-corrected chi connectivity index (χ1v) is 8.12. The summed E-state index contributed by atoms with van der Waals surface area (Å²) in [7, 11) is 0. The molecule has 0 saturated carbocycles. The molecule has 0 bridgehead atoms. The van der Waals surface area contributed by atoms with Crippen molar-refractivity contribution in [3.63, 3.8) is 0 Å². The molecule has 1 aliphatic rings. The molecule has 0 N–H and O–H groups in total. The first-order chi connectivity index (χ1) is 8.15. The Bertz CT molecular complexity index is 191. The molecule has 102 valence electrons. The summed E-state index contributed by atoms with van der Waals surface area (Å²) in [6, 6.07) is 0. The average Bonchev–Trinajstić information content (AvgIpc) is 2.33. The van der Waals surface area contributed by atoms with E-state index in [1.54, 1.807) is 0 Å². The molecule has 0 unspecified atom stereocenters. The van der Waals surface area contributed by atoms with Crippen LogP contribution in [0.15, 0.2) is 0 Å². The summed E-state index contributed by atoms with van der Waals surface area (Å²) in [4.78, 5) is 2.70. The Labute approximate surface area is 114 Å². The van der Waals surface area contributed by atoms with E-state index in [1.165, 1.54) is 58.2 Å². The van der Waals surface area contributed by atoms with Crippen molar-refractivity contribution in [1.29, 1.82) is 0 Å². The molecule has 0 spiro atoms. The van der Waals surface area contributed by atoms with Crippen molar-refractivity contribution in [3.8, 4) is 0 Å². The van der Waals surface area contributed by atoms with Gasteiger partial charge in [-0.25, -0.2) is 0 Å². The molecule has 0 amide bonds. The lowest BCUT2D eigenvalue weighted by molar-refractivity contribution is 0.112. The SMILES string of the molecule is CCCC(CS)(CCC)CN1CCC(C)CC1. The summed E-state index contributed by atoms with van der Waals surface area (Å²) in [5, 5.41) is 0. The highest BCUT2D eigenvalue weighted by Crippen LogP contribution is 2.33. The minimum Gasteiger partial charge on any atom is -0.303 e. The number of hydrogen-bond acceptors (Lipinski definition) is 2. The van der Waals surface area contributed by atoms with Gasteiger partial charge in [0.15, 0.2) is 0 Å². The van der Waals surface area contributed by atoms with Crippen LogP contribution < -0.4 is 0 Å². The molecule has 1 rings (SSSR count). The smallest absolute Gasteiger partial charge is 0.00458 e. The Morgan fingerprint density at radius 2 is 1.65 bits per heavy atom. The van der Waals surface area contributed by atoms with E-state index >= 15 is 0 Å². The molecule has 0 aromatic carbocycles. The number of likely N-dealkylation sites (tertiary alicyclic amines) is 1. The maximum absolute atomic E-state index is 4.66. The molecular formula is C15H31NS. The molecule has 0 aromatic heterocycles. The summed E-state index contributed by atoms with van der Waals surface area (Å²) in [5.74, 6) is 2.00. The van der Waals surface area contributed by atoms with Crippen LogP contribution in [0.5, 0.6) is 0 Å². The molecule has 0 radical (unpaired) electrons. The highest BCUT2D eigenvalue weighted by atomic mass is 32.1. The highest BCUT2D eigenvalue weighted by Gasteiger charge is 2.30. The van der Waals surface area contributed by atoms with Gasteiger partial charge in [-0.05, 0) is 55.9 Å². The number of hydrogen-bond donors (Lipinski definition) is 1. The summed E-state index contributed by atoms with van der Waals surface area (Å²) >= 11 is 4.66. The van der Waals surface area contributed by atoms with Crippen molar-refractivity contribution in [2.24, 2.45) is 11.3 Å². The fourth-order valence-corrected chi connectivity index (χ4v) is 3.66. The standard InChI is InChI=1S/C15H31NS/c1-4-8-15(13-17,9-5-2)12-16-10-6-14(3)7-11-16/h14,17H,4-13H2,1-3H3. The van der Waals surface area contributed by atoms with E-state index < -0.39 is 0 Å². The van der Waals surface area contributed by atoms with E-state index in [2.05, 4.69) is 38.3 Å². The zero-order valence-electron chi connectivity index (χ0n) is 12.0. The molecule has 0 aliphatic carbocycles. The Morgan fingerprint density at radius 3 is 2.06 bits per heavy atom. The van der Waals surface area contributed by atoms with Crippen LogP contribution in [0.3, 0.4) is 0 Å². The van der Waals surface area contributed by atoms with Crippen molar-refractivity contribution in [1.82, 2.24) is 4.90 Å². The normalized spacial score (nSPS) is 19.8. The molecular weight excluding hydrogens is 226 g/mol. The quantitative estimate of drug-likeness (QED) is 0.668. The Kier molecular flexibility index (Phi) is 6.94. The van der Waals surface area contributed by atoms with Crippen LogP contribution in [0.4, 0.5) is 0 Å². The van der Waals surface area contributed by atoms with Crippen LogP contribution >= 0.6 is 12.6 Å². The van der Waals surface area contributed by atoms with Crippen molar-refractivity contribution in [2.75, 3.05) is 25.4 Å². The Hall–Kier alpha value is 0.310. The van der Waals surface area contributed by atoms with Crippen LogP contribution in [-0.4, -0.2) is 30.3 Å². The number of rotatable bonds is 7. The molecule has 1 heterocycles. The van der Waals surface area contributed by atoms with E-state index in [-0.39, 0.29) is 0 Å². The summed E-state index contributed by atoms with van der Waals surface area (Å²) in [6.45, 7) is 10.9. The lowest BCUT2D eigenvalue weighted by atomic mass is 9.80. The molecule has 1 saturated heterocycles. The molecule has 0 aromatic rings. The fraction of sp³-hybridized carbons (Fsp3) is 1.00. The van der Waals surface area contributed by atoms with Gasteiger partial charge in [0.05, 0.1) is 0 Å². The monoisotopic (exact) mass is 257 g/mol. The van der Waals surface area contributed by atoms with E-state index in [0.717, 1.165) is 11.7 Å². The minimum atomic E-state index is 0.479. The lowest BCUT2D eigenvalue weighted by Crippen LogP contribution is -2.42. The third-order valence-electron chi connectivity index (χ3n) is 4.33. The minimum absolute atomic E-state index is 0.479. The fourth-order valence-electron chi connectivity index (χ4n) is 3.25. The van der Waals surface area contributed by atoms with Crippen LogP contribution in [0, 0.1) is 11.3 Å². The van der Waals surface area contributed by atoms with Crippen LogP contribution in [-0.2, 0) is 0 Å². The third kappa shape index (κ3) is 4.82. The number of thiol groups is 1. The maximum Gasteiger partial charge on any atom is 0.00458 e. The second-order valence-corrected chi connectivity index (χ2v) is 6.43. The molecule has 1 nitrogen and oxygen atoms in total. The van der Waals surface area contributed by atoms with Crippen molar-refractivity contribution in [3.05, 3.63) is 0 Å². The Morgan fingerprint density at radius 1 is 1.12 bits per heavy atom. The molecule has 0 atom stereocenters. The van der Waals surface area contributed by atoms with Gasteiger partial charge in [-0.1, -0.05) is 33.6 Å². The average molecular weight is 257 g/mol. The summed E-state index contributed by atoms with van der Waals surface area (Å²) in [5.41, 5.74) is 0.479. The van der Waals surface area contributed by atoms with Gasteiger partial charge in [0, 0.05) is 6.54 Å². The third-order valence-corrected chi connectivity index (χ3v) is 5.00. The van der Waals surface area contributed by atoms with E-state index in [0.29, 0.717) is 5.41 Å². The van der Waals surface area contributed by atoms with Crippen molar-refractivity contribution in [2.45, 2.75) is 59.3 Å². The van der Waals surface area contributed by atoms with Crippen molar-refractivity contribution < 1.29 is 0 Å². The van der Waals surface area contributed by atoms with Gasteiger partial charge in [0.2, 0.25) is 0 Å². The zero-order chi connectivity index (χ0) is 12.7. The predicted octanol–water partition coefficient (Wildman–Crippen LogP) is 4.23. The van der Waals surface area contributed by atoms with Gasteiger partial charge >= 0.3 is 0 Å². The van der Waals surface area contributed by atoms with Gasteiger partial charge in [-0.2, -0.15) is 12.6 Å². The topological polar surface area (TPSA) is 3.24 Å². The highest BCUT2D eigenvalue weighted by molar-refractivity contribution is 7.80. The van der Waals surface area contributed by atoms with E-state index in [9.17, 15) is 0 Å². The zero-order valence-corrected chi connectivity index (χ0v) is 12.9. The van der Waals surface area contributed by atoms with Crippen molar-refractivity contribution >= 4 is 12.6 Å². The van der Waals surface area contributed by atoms with Gasteiger partial charge in [0.25, 0.3) is 0 Å². The first-order valence-electron chi connectivity index (χ1n) is 7.49. The molecule has 17 heavy (non-hydrogen) atoms. The van der Waals surface area contributed by atoms with E-state index in [4.69, 9.17) is 0 Å². The summed E-state index contributed by atoms with van der Waals surface area (Å²) < 4.78 is 0. The molecule has 1 fully saturated rings. The second-order valence-electron chi connectivity index (χ2n) is 6.12. The van der Waals surface area contributed by atoms with E-state index in [1.807, 2.05) is 0 Å². The van der Waals surface area contributed by atoms with Gasteiger partial charge in [-0.15, -0.1) is 0 Å². The van der Waals surface area contributed by atoms with Crippen LogP contribution in [0.2, 0.25) is 0 Å². The van der Waals surface area contributed by atoms with Gasteiger partial charge in [0.1, 0.15) is 0 Å². The lowest BCUT2D eigenvalue weighted by Gasteiger charge is -2.40. The number of piperidine rings is 1. The first kappa shape index (κ1) is 15.4. The maximum atomic E-state index is 4.66. The van der Waals surface area contributed by atoms with Gasteiger partial charge in [-0.3, -0.25) is 0 Å². The number of nitrogens with zero attached hydrogens (tertiary/aromatic N) is 1. The van der Waals surface area contributed by atoms with Crippen LogP contribution in [0.25, 0.3) is 0 Å². The summed E-state index contributed by atoms with van der Waals surface area (Å²) in [6.07, 6.45) is 8.06. The Balaban J connectivity index is 2.52. The largest absolute Gasteiger partial charge is 0.303 e. The second kappa shape index (κ2) is 7.68. The molecule has 2 heteroatoms.